The molecule has 0 spiro atoms. The first-order valence-corrected chi connectivity index (χ1v) is 6.93. The topological polar surface area (TPSA) is 35.6 Å². The van der Waals surface area contributed by atoms with Crippen molar-refractivity contribution in [2.24, 2.45) is 0 Å². The molecule has 2 heterocycles. The highest BCUT2D eigenvalue weighted by atomic mass is 16.2. The first-order chi connectivity index (χ1) is 8.22. The molecule has 0 bridgehead atoms. The Bertz CT molecular complexity index is 269. The van der Waals surface area contributed by atoms with E-state index in [1.54, 1.807) is 4.90 Å². The van der Waals surface area contributed by atoms with Crippen molar-refractivity contribution in [3.8, 4) is 0 Å². The Hall–Kier alpha value is -0.610. The summed E-state index contributed by atoms with van der Waals surface area (Å²) in [5.41, 5.74) is 0. The average molecular weight is 239 g/mol. The zero-order chi connectivity index (χ0) is 12.3. The number of carbonyl (C=O) groups excluding carboxylic acids is 1. The summed E-state index contributed by atoms with van der Waals surface area (Å²) < 4.78 is 0. The molecule has 17 heavy (non-hydrogen) atoms. The fourth-order valence-electron chi connectivity index (χ4n) is 3.02. The minimum absolute atomic E-state index is 0.210. The Morgan fingerprint density at radius 2 is 2.18 bits per heavy atom. The number of nitrogens with zero attached hydrogens (tertiary/aromatic N) is 2. The van der Waals surface area contributed by atoms with Crippen LogP contribution in [-0.4, -0.2) is 61.0 Å². The lowest BCUT2D eigenvalue weighted by atomic mass is 9.99. The summed E-state index contributed by atoms with van der Waals surface area (Å²) >= 11 is 0. The van der Waals surface area contributed by atoms with Crippen molar-refractivity contribution in [1.82, 2.24) is 15.1 Å². The molecule has 0 aromatic heterocycles. The van der Waals surface area contributed by atoms with Crippen LogP contribution in [0.5, 0.6) is 0 Å². The molecule has 0 saturated carbocycles. The van der Waals surface area contributed by atoms with Gasteiger partial charge in [-0.2, -0.15) is 0 Å². The summed E-state index contributed by atoms with van der Waals surface area (Å²) in [5.74, 6) is 0.210. The van der Waals surface area contributed by atoms with E-state index >= 15 is 0 Å². The normalized spacial score (nSPS) is 29.1. The average Bonchev–Trinajstić information content (AvgIpc) is 2.78. The highest BCUT2D eigenvalue weighted by Crippen LogP contribution is 2.26. The largest absolute Gasteiger partial charge is 0.345 e. The van der Waals surface area contributed by atoms with Gasteiger partial charge in [-0.15, -0.1) is 0 Å². The van der Waals surface area contributed by atoms with Gasteiger partial charge in [-0.25, -0.2) is 0 Å². The number of nitrogens with one attached hydrogen (secondary N) is 1. The van der Waals surface area contributed by atoms with Crippen LogP contribution in [0.4, 0.5) is 0 Å². The Morgan fingerprint density at radius 1 is 1.35 bits per heavy atom. The molecule has 1 N–H and O–H groups in total. The van der Waals surface area contributed by atoms with E-state index in [0.29, 0.717) is 18.6 Å². The van der Waals surface area contributed by atoms with Crippen molar-refractivity contribution in [1.29, 1.82) is 0 Å². The molecule has 2 saturated heterocycles. The second-order valence-electron chi connectivity index (χ2n) is 5.28. The molecule has 2 rings (SSSR count). The molecule has 2 aliphatic heterocycles. The fourth-order valence-corrected chi connectivity index (χ4v) is 3.02. The third-order valence-electron chi connectivity index (χ3n) is 4.27. The minimum atomic E-state index is 0.210. The third kappa shape index (κ3) is 2.99. The van der Waals surface area contributed by atoms with Crippen LogP contribution in [0.2, 0.25) is 0 Å². The van der Waals surface area contributed by atoms with Gasteiger partial charge in [-0.05, 0) is 32.7 Å². The Morgan fingerprint density at radius 3 is 2.94 bits per heavy atom. The van der Waals surface area contributed by atoms with E-state index < -0.39 is 0 Å². The number of piperidine rings is 1. The zero-order valence-electron chi connectivity index (χ0n) is 11.1. The maximum Gasteiger partial charge on any atom is 0.236 e. The number of amides is 1. The predicted molar refractivity (Wildman–Crippen MR) is 68.9 cm³/mol. The number of hydrogen-bond donors (Lipinski definition) is 1. The van der Waals surface area contributed by atoms with Crippen molar-refractivity contribution in [2.45, 2.75) is 44.7 Å². The lowest BCUT2D eigenvalue weighted by Gasteiger charge is -2.32. The van der Waals surface area contributed by atoms with E-state index in [9.17, 15) is 4.79 Å². The van der Waals surface area contributed by atoms with Crippen LogP contribution >= 0.6 is 0 Å². The first-order valence-electron chi connectivity index (χ1n) is 6.93. The van der Waals surface area contributed by atoms with E-state index in [-0.39, 0.29) is 5.91 Å². The van der Waals surface area contributed by atoms with Crippen molar-refractivity contribution in [3.63, 3.8) is 0 Å². The van der Waals surface area contributed by atoms with E-state index in [4.69, 9.17) is 0 Å². The molecule has 4 nitrogen and oxygen atoms in total. The lowest BCUT2D eigenvalue weighted by molar-refractivity contribution is -0.128. The molecule has 98 valence electrons. The summed E-state index contributed by atoms with van der Waals surface area (Å²) in [6.07, 6.45) is 5.20. The van der Waals surface area contributed by atoms with Gasteiger partial charge >= 0.3 is 0 Å². The Balaban J connectivity index is 1.78. The molecule has 1 amide bonds. The smallest absolute Gasteiger partial charge is 0.236 e. The van der Waals surface area contributed by atoms with Gasteiger partial charge in [0.1, 0.15) is 0 Å². The van der Waals surface area contributed by atoms with Gasteiger partial charge in [0.05, 0.1) is 6.54 Å². The molecule has 0 aliphatic carbocycles. The molecule has 2 atom stereocenters. The minimum Gasteiger partial charge on any atom is -0.345 e. The molecular weight excluding hydrogens is 214 g/mol. The molecule has 0 aromatic carbocycles. The van der Waals surface area contributed by atoms with Gasteiger partial charge in [0, 0.05) is 32.2 Å². The highest BCUT2D eigenvalue weighted by Gasteiger charge is 2.35. The number of carbonyl (C=O) groups is 1. The van der Waals surface area contributed by atoms with Crippen LogP contribution in [0.25, 0.3) is 0 Å². The van der Waals surface area contributed by atoms with Crippen molar-refractivity contribution >= 4 is 5.91 Å². The molecule has 2 aliphatic rings. The summed E-state index contributed by atoms with van der Waals surface area (Å²) in [5, 5.41) is 3.46. The number of rotatable bonds is 4. The monoisotopic (exact) mass is 239 g/mol. The number of hydrogen-bond acceptors (Lipinski definition) is 3. The summed E-state index contributed by atoms with van der Waals surface area (Å²) in [7, 11) is 1.87. The van der Waals surface area contributed by atoms with Crippen molar-refractivity contribution < 1.29 is 4.79 Å². The number of likely N-dealkylation sites (N-methyl/N-ethyl adjacent to an activating group) is 1. The molecule has 4 heteroatoms. The first kappa shape index (κ1) is 12.8. The van der Waals surface area contributed by atoms with Gasteiger partial charge in [0.25, 0.3) is 0 Å². The van der Waals surface area contributed by atoms with Crippen molar-refractivity contribution in [3.05, 3.63) is 0 Å². The maximum absolute atomic E-state index is 11.7. The highest BCUT2D eigenvalue weighted by molar-refractivity contribution is 5.77. The second-order valence-corrected chi connectivity index (χ2v) is 5.28. The SMILES string of the molecule is CCN(C)C(=O)CNC1CCN2CCCCC12. The van der Waals surface area contributed by atoms with E-state index in [1.165, 1.54) is 38.8 Å². The molecule has 2 unspecified atom stereocenters. The molecular formula is C13H25N3O. The molecule has 0 aromatic rings. The van der Waals surface area contributed by atoms with Gasteiger partial charge in [-0.3, -0.25) is 9.69 Å². The zero-order valence-corrected chi connectivity index (χ0v) is 11.1. The van der Waals surface area contributed by atoms with E-state index in [1.807, 2.05) is 14.0 Å². The Kier molecular flexibility index (Phi) is 4.40. The quantitative estimate of drug-likeness (QED) is 0.784. The summed E-state index contributed by atoms with van der Waals surface area (Å²) in [6, 6.07) is 1.22. The van der Waals surface area contributed by atoms with Crippen LogP contribution in [0, 0.1) is 0 Å². The van der Waals surface area contributed by atoms with Crippen LogP contribution in [0.1, 0.15) is 32.6 Å². The maximum atomic E-state index is 11.7. The van der Waals surface area contributed by atoms with Gasteiger partial charge in [0.15, 0.2) is 0 Å². The van der Waals surface area contributed by atoms with Crippen LogP contribution in [0.15, 0.2) is 0 Å². The van der Waals surface area contributed by atoms with Crippen molar-refractivity contribution in [2.75, 3.05) is 33.2 Å². The standard InChI is InChI=1S/C13H25N3O/c1-3-15(2)13(17)10-14-11-7-9-16-8-5-4-6-12(11)16/h11-12,14H,3-10H2,1-2H3. The van der Waals surface area contributed by atoms with E-state index in [2.05, 4.69) is 10.2 Å². The third-order valence-corrected chi connectivity index (χ3v) is 4.27. The van der Waals surface area contributed by atoms with Crippen LogP contribution in [-0.2, 0) is 4.79 Å². The van der Waals surface area contributed by atoms with Gasteiger partial charge in [-0.1, -0.05) is 6.42 Å². The van der Waals surface area contributed by atoms with Crippen LogP contribution < -0.4 is 5.32 Å². The molecule has 0 radical (unpaired) electrons. The van der Waals surface area contributed by atoms with Gasteiger partial charge in [0.2, 0.25) is 5.91 Å². The van der Waals surface area contributed by atoms with E-state index in [0.717, 1.165) is 6.54 Å². The Labute approximate surface area is 104 Å². The van der Waals surface area contributed by atoms with Crippen LogP contribution in [0.3, 0.4) is 0 Å². The summed E-state index contributed by atoms with van der Waals surface area (Å²) in [6.45, 7) is 5.77. The fraction of sp³-hybridized carbons (Fsp3) is 0.923. The second kappa shape index (κ2) is 5.83. The predicted octanol–water partition coefficient (Wildman–Crippen LogP) is 0.681. The van der Waals surface area contributed by atoms with Gasteiger partial charge < -0.3 is 10.2 Å². The molecule has 2 fully saturated rings. The summed E-state index contributed by atoms with van der Waals surface area (Å²) in [4.78, 5) is 16.1. The lowest BCUT2D eigenvalue weighted by Crippen LogP contribution is -2.47. The number of fused-ring (bicyclic) bond motifs is 1.